The molecule has 0 bridgehead atoms. The molecule has 102 valence electrons. The Balaban J connectivity index is 2.33. The lowest BCUT2D eigenvalue weighted by atomic mass is 10.0. The molecule has 1 unspecified atom stereocenters. The molecule has 1 aromatic heterocycles. The zero-order chi connectivity index (χ0) is 14.0. The average molecular weight is 328 g/mol. The second-order valence-electron chi connectivity index (χ2n) is 4.49. The minimum Gasteiger partial charge on any atom is -0.337 e. The quantitative estimate of drug-likeness (QED) is 0.930. The summed E-state index contributed by atoms with van der Waals surface area (Å²) in [4.78, 5) is 4.25. The van der Waals surface area contributed by atoms with E-state index >= 15 is 0 Å². The van der Waals surface area contributed by atoms with Crippen LogP contribution in [0.15, 0.2) is 27.2 Å². The molecule has 4 nitrogen and oxygen atoms in total. The molecule has 0 spiro atoms. The van der Waals surface area contributed by atoms with E-state index in [-0.39, 0.29) is 17.8 Å². The summed E-state index contributed by atoms with van der Waals surface area (Å²) in [6, 6.07) is 4.01. The van der Waals surface area contributed by atoms with E-state index in [9.17, 15) is 4.39 Å². The van der Waals surface area contributed by atoms with Crippen LogP contribution >= 0.6 is 15.9 Å². The average Bonchev–Trinajstić information content (AvgIpc) is 2.89. The molecule has 0 aliphatic rings. The van der Waals surface area contributed by atoms with E-state index in [1.807, 2.05) is 13.8 Å². The maximum atomic E-state index is 13.2. The SMILES string of the molecule is CCC(C)[C@H](N)c1nc(-c2cc(F)ccc2Br)no1. The molecular weight excluding hydrogens is 313 g/mol. The second kappa shape index (κ2) is 5.79. The van der Waals surface area contributed by atoms with E-state index in [0.717, 1.165) is 6.42 Å². The van der Waals surface area contributed by atoms with Crippen molar-refractivity contribution >= 4 is 15.9 Å². The van der Waals surface area contributed by atoms with Crippen molar-refractivity contribution < 1.29 is 8.91 Å². The molecule has 2 N–H and O–H groups in total. The van der Waals surface area contributed by atoms with Gasteiger partial charge in [-0.1, -0.05) is 41.4 Å². The summed E-state index contributed by atoms with van der Waals surface area (Å²) in [5, 5.41) is 3.86. The normalized spacial score (nSPS) is 14.4. The molecule has 0 amide bonds. The van der Waals surface area contributed by atoms with Gasteiger partial charge in [-0.15, -0.1) is 0 Å². The van der Waals surface area contributed by atoms with Gasteiger partial charge in [-0.2, -0.15) is 4.98 Å². The highest BCUT2D eigenvalue weighted by Gasteiger charge is 2.21. The summed E-state index contributed by atoms with van der Waals surface area (Å²) in [5.74, 6) is 0.598. The van der Waals surface area contributed by atoms with Gasteiger partial charge in [-0.25, -0.2) is 4.39 Å². The number of nitrogens with two attached hydrogens (primary N) is 1. The standard InChI is InChI=1S/C13H15BrFN3O/c1-3-7(2)11(16)13-17-12(18-19-13)9-6-8(15)4-5-10(9)14/h4-7,11H,3,16H2,1-2H3/t7?,11-/m0/s1. The lowest BCUT2D eigenvalue weighted by Crippen LogP contribution is -2.18. The van der Waals surface area contributed by atoms with Crippen molar-refractivity contribution in [3.8, 4) is 11.4 Å². The highest BCUT2D eigenvalue weighted by Crippen LogP contribution is 2.28. The predicted octanol–water partition coefficient (Wildman–Crippen LogP) is 3.68. The fraction of sp³-hybridized carbons (Fsp3) is 0.385. The van der Waals surface area contributed by atoms with Crippen LogP contribution in [-0.4, -0.2) is 10.1 Å². The van der Waals surface area contributed by atoms with Gasteiger partial charge in [0.25, 0.3) is 0 Å². The third kappa shape index (κ3) is 3.01. The van der Waals surface area contributed by atoms with Crippen molar-refractivity contribution in [2.24, 2.45) is 11.7 Å². The Morgan fingerprint density at radius 1 is 1.47 bits per heavy atom. The first kappa shape index (κ1) is 14.1. The predicted molar refractivity (Wildman–Crippen MR) is 73.8 cm³/mol. The van der Waals surface area contributed by atoms with Gasteiger partial charge in [0.05, 0.1) is 6.04 Å². The number of nitrogens with zero attached hydrogens (tertiary/aromatic N) is 2. The largest absolute Gasteiger partial charge is 0.337 e. The molecule has 19 heavy (non-hydrogen) atoms. The van der Waals surface area contributed by atoms with Crippen LogP contribution in [0.4, 0.5) is 4.39 Å². The van der Waals surface area contributed by atoms with Crippen molar-refractivity contribution in [2.45, 2.75) is 26.3 Å². The van der Waals surface area contributed by atoms with Crippen molar-refractivity contribution in [1.82, 2.24) is 10.1 Å². The van der Waals surface area contributed by atoms with Crippen LogP contribution in [-0.2, 0) is 0 Å². The molecular formula is C13H15BrFN3O. The Morgan fingerprint density at radius 2 is 2.21 bits per heavy atom. The van der Waals surface area contributed by atoms with Gasteiger partial charge in [-0.05, 0) is 24.1 Å². The molecule has 6 heteroatoms. The van der Waals surface area contributed by atoms with E-state index in [0.29, 0.717) is 21.8 Å². The number of rotatable bonds is 4. The summed E-state index contributed by atoms with van der Waals surface area (Å²) >= 11 is 3.34. The van der Waals surface area contributed by atoms with Crippen LogP contribution in [0.5, 0.6) is 0 Å². The Morgan fingerprint density at radius 3 is 2.89 bits per heavy atom. The molecule has 0 saturated carbocycles. The van der Waals surface area contributed by atoms with E-state index < -0.39 is 0 Å². The highest BCUT2D eigenvalue weighted by molar-refractivity contribution is 9.10. The zero-order valence-electron chi connectivity index (χ0n) is 10.7. The highest BCUT2D eigenvalue weighted by atomic mass is 79.9. The molecule has 2 rings (SSSR count). The first-order chi connectivity index (χ1) is 9.02. The van der Waals surface area contributed by atoms with Crippen molar-refractivity contribution in [2.75, 3.05) is 0 Å². The van der Waals surface area contributed by atoms with Crippen molar-refractivity contribution in [3.05, 3.63) is 34.4 Å². The molecule has 1 heterocycles. The summed E-state index contributed by atoms with van der Waals surface area (Å²) < 4.78 is 19.1. The summed E-state index contributed by atoms with van der Waals surface area (Å²) in [6.07, 6.45) is 0.919. The molecule has 2 atom stereocenters. The number of benzene rings is 1. The van der Waals surface area contributed by atoms with Gasteiger partial charge in [0.15, 0.2) is 0 Å². The van der Waals surface area contributed by atoms with Gasteiger partial charge in [0, 0.05) is 10.0 Å². The van der Waals surface area contributed by atoms with Gasteiger partial charge in [-0.3, -0.25) is 0 Å². The molecule has 0 aliphatic heterocycles. The number of halogens is 2. The molecule has 0 aliphatic carbocycles. The molecule has 0 fully saturated rings. The van der Waals surface area contributed by atoms with E-state index in [2.05, 4.69) is 26.1 Å². The Labute approximate surface area is 119 Å². The van der Waals surface area contributed by atoms with Crippen molar-refractivity contribution in [3.63, 3.8) is 0 Å². The fourth-order valence-corrected chi connectivity index (χ4v) is 2.07. The number of aromatic nitrogens is 2. The number of hydrogen-bond donors (Lipinski definition) is 1. The first-order valence-electron chi connectivity index (χ1n) is 6.07. The topological polar surface area (TPSA) is 64.9 Å². The Kier molecular flexibility index (Phi) is 4.31. The van der Waals surface area contributed by atoms with Gasteiger partial charge in [0.1, 0.15) is 5.82 Å². The van der Waals surface area contributed by atoms with E-state index in [4.69, 9.17) is 10.3 Å². The fourth-order valence-electron chi connectivity index (χ4n) is 1.65. The molecule has 0 radical (unpaired) electrons. The lowest BCUT2D eigenvalue weighted by molar-refractivity contribution is 0.312. The number of hydrogen-bond acceptors (Lipinski definition) is 4. The molecule has 0 saturated heterocycles. The van der Waals surface area contributed by atoms with Crippen molar-refractivity contribution in [1.29, 1.82) is 0 Å². The van der Waals surface area contributed by atoms with Crippen LogP contribution < -0.4 is 5.73 Å². The van der Waals surface area contributed by atoms with Crippen LogP contribution in [0, 0.1) is 11.7 Å². The summed E-state index contributed by atoms with van der Waals surface area (Å²) in [7, 11) is 0. The maximum absolute atomic E-state index is 13.2. The van der Waals surface area contributed by atoms with E-state index in [1.54, 1.807) is 6.07 Å². The van der Waals surface area contributed by atoms with Crippen LogP contribution in [0.2, 0.25) is 0 Å². The van der Waals surface area contributed by atoms with Crippen LogP contribution in [0.3, 0.4) is 0 Å². The summed E-state index contributed by atoms with van der Waals surface area (Å²) in [6.45, 7) is 4.07. The minimum atomic E-state index is -0.351. The van der Waals surface area contributed by atoms with Crippen LogP contribution in [0.25, 0.3) is 11.4 Å². The maximum Gasteiger partial charge on any atom is 0.244 e. The monoisotopic (exact) mass is 327 g/mol. The third-order valence-corrected chi connectivity index (χ3v) is 3.84. The summed E-state index contributed by atoms with van der Waals surface area (Å²) in [5.41, 5.74) is 6.57. The van der Waals surface area contributed by atoms with E-state index in [1.165, 1.54) is 12.1 Å². The third-order valence-electron chi connectivity index (χ3n) is 3.15. The van der Waals surface area contributed by atoms with Gasteiger partial charge in [0.2, 0.25) is 11.7 Å². The minimum absolute atomic E-state index is 0.240. The smallest absolute Gasteiger partial charge is 0.244 e. The molecule has 1 aromatic carbocycles. The first-order valence-corrected chi connectivity index (χ1v) is 6.86. The molecule has 2 aromatic rings. The van der Waals surface area contributed by atoms with Crippen LogP contribution in [0.1, 0.15) is 32.2 Å². The lowest BCUT2D eigenvalue weighted by Gasteiger charge is -2.12. The Bertz CT molecular complexity index is 573. The van der Waals surface area contributed by atoms with Gasteiger partial charge >= 0.3 is 0 Å². The second-order valence-corrected chi connectivity index (χ2v) is 5.35. The zero-order valence-corrected chi connectivity index (χ0v) is 12.3. The van der Waals surface area contributed by atoms with Gasteiger partial charge < -0.3 is 10.3 Å². The Hall–Kier alpha value is -1.27.